The average Bonchev–Trinajstić information content (AvgIpc) is 4.00. The summed E-state index contributed by atoms with van der Waals surface area (Å²) in [5, 5.41) is 13.8. The predicted molar refractivity (Wildman–Crippen MR) is 201 cm³/mol. The van der Waals surface area contributed by atoms with Gasteiger partial charge in [-0.1, -0.05) is 78.9 Å². The Morgan fingerprint density at radius 3 is 1.87 bits per heavy atom. The molecule has 0 bridgehead atoms. The standard InChI is InChI=1S/C41H37N7O4/c49-38(34-11-5-23-47(34)40(51)36-31-8-2-1-7-28(31)25-42-36)43-29-19-15-26(16-20-29)13-14-27-17-21-30(22-18-27)44-39(50)35-12-6-24-48(35)41(52)37-32-9-3-4-10-33(32)45-46-37/h1-4,7-10,13-22,34-35H,5-6,11-12,23-25H2,(H,43,49)(H,44,50)(H,45,46)/b14-13+/t34-,35-/m0/s1. The number of H-pyrrole nitrogens is 1. The SMILES string of the molecule is O=C(Nc1ccc(/C=C/c2ccc(NC(=O)[C@@H]3CCCN3C(=O)c3n[nH]c4ccccc34)cc2)cc1)[C@@H]1CCCN1C(=O)C1=NCc2ccccc21. The molecule has 4 heterocycles. The first-order valence-corrected chi connectivity index (χ1v) is 17.6. The Balaban J connectivity index is 0.846. The lowest BCUT2D eigenvalue weighted by molar-refractivity contribution is -0.131. The van der Waals surface area contributed by atoms with Crippen LogP contribution < -0.4 is 10.6 Å². The van der Waals surface area contributed by atoms with E-state index in [9.17, 15) is 19.2 Å². The number of anilines is 2. The van der Waals surface area contributed by atoms with Crippen LogP contribution in [0.5, 0.6) is 0 Å². The molecule has 3 aliphatic heterocycles. The molecule has 0 saturated carbocycles. The maximum Gasteiger partial charge on any atom is 0.275 e. The molecular weight excluding hydrogens is 654 g/mol. The van der Waals surface area contributed by atoms with Crippen LogP contribution in [-0.4, -0.2) is 74.5 Å². The Kier molecular flexibility index (Phi) is 8.90. The Hall–Kier alpha value is -6.36. The Bertz CT molecular complexity index is 2240. The molecule has 3 aliphatic rings. The third-order valence-electron chi connectivity index (χ3n) is 10.0. The molecule has 2 saturated heterocycles. The van der Waals surface area contributed by atoms with Crippen molar-refractivity contribution in [3.63, 3.8) is 0 Å². The maximum absolute atomic E-state index is 13.4. The van der Waals surface area contributed by atoms with Gasteiger partial charge in [0.15, 0.2) is 5.69 Å². The largest absolute Gasteiger partial charge is 0.325 e. The predicted octanol–water partition coefficient (Wildman–Crippen LogP) is 5.91. The Morgan fingerprint density at radius 2 is 1.23 bits per heavy atom. The number of aromatic nitrogens is 2. The van der Waals surface area contributed by atoms with Crippen LogP contribution >= 0.6 is 0 Å². The topological polar surface area (TPSA) is 140 Å². The van der Waals surface area contributed by atoms with Gasteiger partial charge in [-0.25, -0.2) is 0 Å². The lowest BCUT2D eigenvalue weighted by Gasteiger charge is -2.24. The molecule has 5 aromatic rings. The molecule has 4 aromatic carbocycles. The van der Waals surface area contributed by atoms with Gasteiger partial charge in [0.05, 0.1) is 12.1 Å². The van der Waals surface area contributed by atoms with Gasteiger partial charge in [-0.05, 0) is 72.7 Å². The van der Waals surface area contributed by atoms with Gasteiger partial charge < -0.3 is 20.4 Å². The van der Waals surface area contributed by atoms with E-state index in [1.165, 1.54) is 0 Å². The summed E-state index contributed by atoms with van der Waals surface area (Å²) in [7, 11) is 0. The van der Waals surface area contributed by atoms with Crippen molar-refractivity contribution >= 4 is 63.8 Å². The van der Waals surface area contributed by atoms with E-state index in [1.807, 2.05) is 109 Å². The van der Waals surface area contributed by atoms with Crippen LogP contribution in [0.1, 0.15) is 58.4 Å². The van der Waals surface area contributed by atoms with E-state index >= 15 is 0 Å². The van der Waals surface area contributed by atoms with Gasteiger partial charge in [0, 0.05) is 35.4 Å². The first kappa shape index (κ1) is 32.8. The van der Waals surface area contributed by atoms with E-state index in [0.717, 1.165) is 46.0 Å². The van der Waals surface area contributed by atoms with Crippen LogP contribution in [0.25, 0.3) is 23.1 Å². The van der Waals surface area contributed by atoms with Crippen molar-refractivity contribution in [2.45, 2.75) is 44.3 Å². The third-order valence-corrected chi connectivity index (χ3v) is 10.0. The highest BCUT2D eigenvalue weighted by Gasteiger charge is 2.38. The van der Waals surface area contributed by atoms with Gasteiger partial charge in [-0.2, -0.15) is 5.10 Å². The Morgan fingerprint density at radius 1 is 0.673 bits per heavy atom. The van der Waals surface area contributed by atoms with E-state index in [-0.39, 0.29) is 23.6 Å². The minimum Gasteiger partial charge on any atom is -0.325 e. The van der Waals surface area contributed by atoms with Gasteiger partial charge in [-0.3, -0.25) is 29.3 Å². The fourth-order valence-electron chi connectivity index (χ4n) is 7.28. The van der Waals surface area contributed by atoms with E-state index in [2.05, 4.69) is 25.8 Å². The van der Waals surface area contributed by atoms with E-state index in [1.54, 1.807) is 9.80 Å². The molecule has 2 fully saturated rings. The van der Waals surface area contributed by atoms with Crippen molar-refractivity contribution in [2.24, 2.45) is 4.99 Å². The van der Waals surface area contributed by atoms with E-state index in [0.29, 0.717) is 55.3 Å². The zero-order valence-corrected chi connectivity index (χ0v) is 28.4. The summed E-state index contributed by atoms with van der Waals surface area (Å²) in [5.41, 5.74) is 6.63. The summed E-state index contributed by atoms with van der Waals surface area (Å²) in [6.07, 6.45) is 6.65. The molecule has 8 rings (SSSR count). The quantitative estimate of drug-likeness (QED) is 0.174. The number of aliphatic imine (C=N–C) groups is 1. The van der Waals surface area contributed by atoms with Crippen LogP contribution in [0.2, 0.25) is 0 Å². The zero-order valence-electron chi connectivity index (χ0n) is 28.4. The average molecular weight is 692 g/mol. The molecule has 260 valence electrons. The second-order valence-electron chi connectivity index (χ2n) is 13.3. The molecule has 0 unspecified atom stereocenters. The molecule has 1 aromatic heterocycles. The fourth-order valence-corrected chi connectivity index (χ4v) is 7.28. The van der Waals surface area contributed by atoms with Gasteiger partial charge in [0.1, 0.15) is 17.8 Å². The van der Waals surface area contributed by atoms with Crippen molar-refractivity contribution in [1.82, 2.24) is 20.0 Å². The maximum atomic E-state index is 13.4. The van der Waals surface area contributed by atoms with Crippen LogP contribution in [0.4, 0.5) is 11.4 Å². The molecule has 52 heavy (non-hydrogen) atoms. The number of hydrogen-bond acceptors (Lipinski definition) is 6. The minimum atomic E-state index is -0.570. The number of likely N-dealkylation sites (tertiary alicyclic amines) is 2. The molecule has 11 nitrogen and oxygen atoms in total. The number of aromatic amines is 1. The number of amides is 4. The van der Waals surface area contributed by atoms with Crippen LogP contribution in [0.3, 0.4) is 0 Å². The summed E-state index contributed by atoms with van der Waals surface area (Å²) >= 11 is 0. The lowest BCUT2D eigenvalue weighted by atomic mass is 10.0. The number of carbonyl (C=O) groups excluding carboxylic acids is 4. The number of benzene rings is 4. The summed E-state index contributed by atoms with van der Waals surface area (Å²) < 4.78 is 0. The smallest absolute Gasteiger partial charge is 0.275 e. The molecular formula is C41H37N7O4. The molecule has 3 N–H and O–H groups in total. The third kappa shape index (κ3) is 6.48. The number of nitrogens with zero attached hydrogens (tertiary/aromatic N) is 4. The number of para-hydroxylation sites is 1. The summed E-state index contributed by atoms with van der Waals surface area (Å²) in [5.74, 6) is -0.861. The number of hydrogen-bond donors (Lipinski definition) is 3. The molecule has 11 heteroatoms. The fraction of sp³-hybridized carbons (Fsp3) is 0.220. The minimum absolute atomic E-state index is 0.189. The molecule has 0 radical (unpaired) electrons. The van der Waals surface area contributed by atoms with Crippen molar-refractivity contribution in [3.8, 4) is 0 Å². The van der Waals surface area contributed by atoms with Crippen molar-refractivity contribution in [3.05, 3.63) is 125 Å². The van der Waals surface area contributed by atoms with Crippen molar-refractivity contribution < 1.29 is 19.2 Å². The number of carbonyl (C=O) groups is 4. The lowest BCUT2D eigenvalue weighted by Crippen LogP contribution is -2.46. The van der Waals surface area contributed by atoms with E-state index < -0.39 is 12.1 Å². The summed E-state index contributed by atoms with van der Waals surface area (Å²) in [6.45, 7) is 1.52. The first-order valence-electron chi connectivity index (χ1n) is 17.6. The molecule has 0 aliphatic carbocycles. The second-order valence-corrected chi connectivity index (χ2v) is 13.3. The zero-order chi connectivity index (χ0) is 35.6. The van der Waals surface area contributed by atoms with E-state index in [4.69, 9.17) is 0 Å². The van der Waals surface area contributed by atoms with Gasteiger partial charge in [-0.15, -0.1) is 0 Å². The highest BCUT2D eigenvalue weighted by atomic mass is 16.2. The number of rotatable bonds is 8. The highest BCUT2D eigenvalue weighted by Crippen LogP contribution is 2.27. The van der Waals surface area contributed by atoms with Crippen molar-refractivity contribution in [1.29, 1.82) is 0 Å². The summed E-state index contributed by atoms with van der Waals surface area (Å²) in [4.78, 5) is 61.1. The highest BCUT2D eigenvalue weighted by molar-refractivity contribution is 6.46. The molecule has 0 spiro atoms. The van der Waals surface area contributed by atoms with Crippen LogP contribution in [0.15, 0.2) is 102 Å². The second kappa shape index (κ2) is 14.1. The van der Waals surface area contributed by atoms with Gasteiger partial charge in [0.2, 0.25) is 11.8 Å². The van der Waals surface area contributed by atoms with Gasteiger partial charge >= 0.3 is 0 Å². The summed E-state index contributed by atoms with van der Waals surface area (Å²) in [6, 6.07) is 29.1. The molecule has 4 amide bonds. The monoisotopic (exact) mass is 691 g/mol. The first-order chi connectivity index (χ1) is 25.4. The number of nitrogens with one attached hydrogen (secondary N) is 3. The molecule has 2 atom stereocenters. The Labute approximate surface area is 300 Å². The van der Waals surface area contributed by atoms with Crippen LogP contribution in [-0.2, 0) is 20.9 Å². The number of fused-ring (bicyclic) bond motifs is 2. The normalized spacial score (nSPS) is 18.1. The van der Waals surface area contributed by atoms with Gasteiger partial charge in [0.25, 0.3) is 11.8 Å². The van der Waals surface area contributed by atoms with Crippen molar-refractivity contribution in [2.75, 3.05) is 23.7 Å². The van der Waals surface area contributed by atoms with Crippen LogP contribution in [0, 0.1) is 0 Å².